The van der Waals surface area contributed by atoms with Gasteiger partial charge < -0.3 is 15.0 Å². The van der Waals surface area contributed by atoms with Crippen molar-refractivity contribution in [3.05, 3.63) is 71.2 Å². The molecule has 0 aromatic heterocycles. The topological polar surface area (TPSA) is 116 Å². The second-order valence-electron chi connectivity index (χ2n) is 9.59. The van der Waals surface area contributed by atoms with E-state index < -0.39 is 40.0 Å². The van der Waals surface area contributed by atoms with Gasteiger partial charge in [-0.25, -0.2) is 13.2 Å². The minimum Gasteiger partial charge on any atom is -0.497 e. The SMILES string of the molecule is COc1ccc2cc([C@@]3(C)NC(=O)N(CC(=O)N4CCN(S(=O)(=O)c5ccccc5Cl)CC4)C3=O)ccc2c1. The zero-order valence-corrected chi connectivity index (χ0v) is 23.0. The molecule has 1 atom stereocenters. The van der Waals surface area contributed by atoms with Gasteiger partial charge in [0.1, 0.15) is 22.7 Å². The summed E-state index contributed by atoms with van der Waals surface area (Å²) >= 11 is 6.09. The third-order valence-electron chi connectivity index (χ3n) is 7.24. The lowest BCUT2D eigenvalue weighted by molar-refractivity contribution is -0.139. The fourth-order valence-electron chi connectivity index (χ4n) is 4.90. The van der Waals surface area contributed by atoms with Gasteiger partial charge in [-0.2, -0.15) is 4.31 Å². The van der Waals surface area contributed by atoms with E-state index in [4.69, 9.17) is 16.3 Å². The van der Waals surface area contributed by atoms with Gasteiger partial charge in [0.05, 0.1) is 12.1 Å². The maximum atomic E-state index is 13.4. The number of carbonyl (C=O) groups excluding carboxylic acids is 3. The van der Waals surface area contributed by atoms with Crippen LogP contribution in [0.1, 0.15) is 12.5 Å². The van der Waals surface area contributed by atoms with E-state index in [0.29, 0.717) is 11.3 Å². The Balaban J connectivity index is 1.26. The molecule has 2 aliphatic heterocycles. The summed E-state index contributed by atoms with van der Waals surface area (Å²) < 4.78 is 32.5. The molecule has 2 heterocycles. The number of piperazine rings is 1. The number of ether oxygens (including phenoxy) is 1. The number of hydrogen-bond acceptors (Lipinski definition) is 6. The van der Waals surface area contributed by atoms with Crippen LogP contribution in [0.5, 0.6) is 5.75 Å². The van der Waals surface area contributed by atoms with E-state index in [1.807, 2.05) is 30.3 Å². The van der Waals surface area contributed by atoms with E-state index in [1.54, 1.807) is 32.2 Å². The molecule has 10 nitrogen and oxygen atoms in total. The van der Waals surface area contributed by atoms with Crippen molar-refractivity contribution in [1.29, 1.82) is 0 Å². The Morgan fingerprint density at radius 2 is 1.67 bits per heavy atom. The third kappa shape index (κ3) is 4.81. The number of urea groups is 1. The predicted molar refractivity (Wildman–Crippen MR) is 145 cm³/mol. The van der Waals surface area contributed by atoms with Gasteiger partial charge in [-0.3, -0.25) is 14.5 Å². The minimum absolute atomic E-state index is 0.0119. The molecule has 3 aromatic rings. The lowest BCUT2D eigenvalue weighted by Gasteiger charge is -2.34. The number of fused-ring (bicyclic) bond motifs is 1. The van der Waals surface area contributed by atoms with Gasteiger partial charge in [0.25, 0.3) is 5.91 Å². The smallest absolute Gasteiger partial charge is 0.325 e. The van der Waals surface area contributed by atoms with Gasteiger partial charge in [-0.15, -0.1) is 0 Å². The molecule has 0 radical (unpaired) electrons. The first kappa shape index (κ1) is 26.9. The number of hydrogen-bond donors (Lipinski definition) is 1. The van der Waals surface area contributed by atoms with Crippen LogP contribution < -0.4 is 10.1 Å². The fourth-order valence-corrected chi connectivity index (χ4v) is 6.82. The maximum absolute atomic E-state index is 13.4. The first-order valence-corrected chi connectivity index (χ1v) is 14.1. The summed E-state index contributed by atoms with van der Waals surface area (Å²) in [5.41, 5.74) is -0.750. The standard InChI is InChI=1S/C27H27ClN4O6S/c1-27(20-9-7-19-16-21(38-2)10-8-18(19)15-20)25(34)32(26(35)29-27)17-24(33)30-11-13-31(14-12-30)39(36,37)23-6-4-3-5-22(23)28/h3-10,15-16H,11-14,17H2,1-2H3,(H,29,35)/t27-/m1/s1. The highest BCUT2D eigenvalue weighted by Crippen LogP contribution is 2.32. The molecule has 2 saturated heterocycles. The molecule has 2 aliphatic rings. The average molecular weight is 571 g/mol. The van der Waals surface area contributed by atoms with Crippen molar-refractivity contribution in [3.8, 4) is 5.75 Å². The van der Waals surface area contributed by atoms with Crippen LogP contribution in [0.2, 0.25) is 5.02 Å². The summed E-state index contributed by atoms with van der Waals surface area (Å²) in [5.74, 6) is -0.268. The van der Waals surface area contributed by atoms with E-state index in [-0.39, 0.29) is 36.1 Å². The number of nitrogens with one attached hydrogen (secondary N) is 1. The van der Waals surface area contributed by atoms with Crippen molar-refractivity contribution in [2.75, 3.05) is 39.8 Å². The molecular weight excluding hydrogens is 544 g/mol. The van der Waals surface area contributed by atoms with Crippen LogP contribution in [0.4, 0.5) is 4.79 Å². The highest BCUT2D eigenvalue weighted by atomic mass is 35.5. The summed E-state index contributed by atoms with van der Waals surface area (Å²) in [5, 5.41) is 4.65. The molecular formula is C27H27ClN4O6S. The number of nitrogens with zero attached hydrogens (tertiary/aromatic N) is 3. The largest absolute Gasteiger partial charge is 0.497 e. The van der Waals surface area contributed by atoms with E-state index in [2.05, 4.69) is 5.32 Å². The summed E-state index contributed by atoms with van der Waals surface area (Å²) in [4.78, 5) is 41.7. The van der Waals surface area contributed by atoms with Crippen molar-refractivity contribution >= 4 is 50.2 Å². The normalized spacial score (nSPS) is 20.4. The average Bonchev–Trinajstić information content (AvgIpc) is 3.16. The van der Waals surface area contributed by atoms with Crippen LogP contribution in [0.15, 0.2) is 65.6 Å². The number of carbonyl (C=O) groups is 3. The van der Waals surface area contributed by atoms with Crippen LogP contribution in [0, 0.1) is 0 Å². The summed E-state index contributed by atoms with van der Waals surface area (Å²) in [6.45, 7) is 1.55. The van der Waals surface area contributed by atoms with Gasteiger partial charge >= 0.3 is 6.03 Å². The van der Waals surface area contributed by atoms with Gasteiger partial charge in [0.15, 0.2) is 0 Å². The fraction of sp³-hybridized carbons (Fsp3) is 0.296. The van der Waals surface area contributed by atoms with Gasteiger partial charge in [0, 0.05) is 26.2 Å². The summed E-state index contributed by atoms with van der Waals surface area (Å²) in [6.07, 6.45) is 0. The lowest BCUT2D eigenvalue weighted by atomic mass is 9.90. The number of imide groups is 1. The second-order valence-corrected chi connectivity index (χ2v) is 11.9. The van der Waals surface area contributed by atoms with E-state index in [9.17, 15) is 22.8 Å². The van der Waals surface area contributed by atoms with Crippen molar-refractivity contribution in [1.82, 2.24) is 19.4 Å². The second kappa shape index (κ2) is 10.1. The highest BCUT2D eigenvalue weighted by molar-refractivity contribution is 7.89. The Kier molecular flexibility index (Phi) is 7.00. The molecule has 5 rings (SSSR count). The van der Waals surface area contributed by atoms with E-state index >= 15 is 0 Å². The van der Waals surface area contributed by atoms with Gasteiger partial charge in [0.2, 0.25) is 15.9 Å². The van der Waals surface area contributed by atoms with Crippen LogP contribution in [-0.2, 0) is 25.2 Å². The molecule has 0 bridgehead atoms. The monoisotopic (exact) mass is 570 g/mol. The molecule has 1 N–H and O–H groups in total. The number of benzene rings is 3. The first-order chi connectivity index (χ1) is 18.5. The van der Waals surface area contributed by atoms with Crippen molar-refractivity contribution in [2.45, 2.75) is 17.4 Å². The highest BCUT2D eigenvalue weighted by Gasteiger charge is 2.50. The zero-order chi connectivity index (χ0) is 27.9. The molecule has 2 fully saturated rings. The Hall–Kier alpha value is -3.67. The zero-order valence-electron chi connectivity index (χ0n) is 21.4. The Morgan fingerprint density at radius 3 is 2.36 bits per heavy atom. The summed E-state index contributed by atoms with van der Waals surface area (Å²) in [7, 11) is -2.23. The Bertz CT molecular complexity index is 1590. The van der Waals surface area contributed by atoms with Crippen LogP contribution in [0.25, 0.3) is 10.8 Å². The van der Waals surface area contributed by atoms with Crippen molar-refractivity contribution < 1.29 is 27.5 Å². The van der Waals surface area contributed by atoms with Gasteiger partial charge in [-0.05, 0) is 53.6 Å². The van der Waals surface area contributed by atoms with Gasteiger partial charge in [-0.1, -0.05) is 41.9 Å². The Morgan fingerprint density at radius 1 is 1.00 bits per heavy atom. The van der Waals surface area contributed by atoms with Crippen molar-refractivity contribution in [3.63, 3.8) is 0 Å². The molecule has 4 amide bonds. The molecule has 3 aromatic carbocycles. The van der Waals surface area contributed by atoms with Crippen molar-refractivity contribution in [2.24, 2.45) is 0 Å². The van der Waals surface area contributed by atoms with Crippen LogP contribution >= 0.6 is 11.6 Å². The molecule has 0 aliphatic carbocycles. The van der Waals surface area contributed by atoms with E-state index in [1.165, 1.54) is 21.3 Å². The molecule has 0 spiro atoms. The molecule has 39 heavy (non-hydrogen) atoms. The Labute approximate surface area is 231 Å². The molecule has 204 valence electrons. The quantitative estimate of drug-likeness (QED) is 0.456. The summed E-state index contributed by atoms with van der Waals surface area (Å²) in [6, 6.07) is 16.5. The molecule has 0 saturated carbocycles. The lowest BCUT2D eigenvalue weighted by Crippen LogP contribution is -2.53. The number of amides is 4. The van der Waals surface area contributed by atoms with Crippen LogP contribution in [0.3, 0.4) is 0 Å². The predicted octanol–water partition coefficient (Wildman–Crippen LogP) is 2.80. The number of sulfonamides is 1. The first-order valence-electron chi connectivity index (χ1n) is 12.3. The number of rotatable bonds is 6. The van der Waals surface area contributed by atoms with E-state index in [0.717, 1.165) is 15.7 Å². The third-order valence-corrected chi connectivity index (χ3v) is 9.64. The van der Waals surface area contributed by atoms with Crippen LogP contribution in [-0.4, -0.2) is 80.2 Å². The maximum Gasteiger partial charge on any atom is 0.325 e. The molecule has 0 unspecified atom stereocenters. The minimum atomic E-state index is -3.82. The molecule has 12 heteroatoms. The number of methoxy groups -OCH3 is 1. The number of halogens is 1.